The molecule has 0 saturated carbocycles. The van der Waals surface area contributed by atoms with Gasteiger partial charge in [-0.2, -0.15) is 23.5 Å². The van der Waals surface area contributed by atoms with Crippen molar-refractivity contribution in [2.24, 2.45) is 0 Å². The maximum atomic E-state index is 12.3. The van der Waals surface area contributed by atoms with Crippen molar-refractivity contribution < 1.29 is 4.79 Å². The number of hydrogen-bond donors (Lipinski definition) is 1. The Morgan fingerprint density at radius 1 is 1.18 bits per heavy atom. The number of nitrogens with zero attached hydrogens (tertiary/aromatic N) is 1. The standard InChI is InChI=1S/C17H18N2OS2/c20-16(11-14-12-21-9-10-22-14)19-17-15(7-4-8-18-17)13-5-2-1-3-6-13/h1-8,14H,9-12H2,(H,18,19,20)/t14-/m0/s1. The molecule has 22 heavy (non-hydrogen) atoms. The van der Waals surface area contributed by atoms with Crippen LogP contribution in [0, 0.1) is 0 Å². The molecule has 1 aromatic carbocycles. The van der Waals surface area contributed by atoms with Crippen LogP contribution in [0.2, 0.25) is 0 Å². The van der Waals surface area contributed by atoms with Gasteiger partial charge in [-0.1, -0.05) is 30.3 Å². The van der Waals surface area contributed by atoms with Gasteiger partial charge < -0.3 is 5.32 Å². The Hall–Kier alpha value is -1.46. The number of carbonyl (C=O) groups excluding carboxylic acids is 1. The molecule has 1 aromatic heterocycles. The maximum Gasteiger partial charge on any atom is 0.226 e. The Bertz CT molecular complexity index is 628. The zero-order valence-electron chi connectivity index (χ0n) is 12.2. The van der Waals surface area contributed by atoms with Crippen molar-refractivity contribution in [2.45, 2.75) is 11.7 Å². The molecule has 0 aliphatic carbocycles. The summed E-state index contributed by atoms with van der Waals surface area (Å²) in [6.07, 6.45) is 2.27. The fraction of sp³-hybridized carbons (Fsp3) is 0.294. The largest absolute Gasteiger partial charge is 0.310 e. The van der Waals surface area contributed by atoms with E-state index in [1.807, 2.05) is 66.0 Å². The van der Waals surface area contributed by atoms with E-state index in [9.17, 15) is 4.79 Å². The quantitative estimate of drug-likeness (QED) is 0.922. The van der Waals surface area contributed by atoms with Crippen molar-refractivity contribution in [2.75, 3.05) is 22.6 Å². The van der Waals surface area contributed by atoms with Gasteiger partial charge in [0.2, 0.25) is 5.91 Å². The van der Waals surface area contributed by atoms with Gasteiger partial charge >= 0.3 is 0 Å². The summed E-state index contributed by atoms with van der Waals surface area (Å²) in [4.78, 5) is 16.6. The van der Waals surface area contributed by atoms with E-state index in [2.05, 4.69) is 10.3 Å². The monoisotopic (exact) mass is 330 g/mol. The van der Waals surface area contributed by atoms with Gasteiger partial charge in [-0.25, -0.2) is 4.98 Å². The minimum Gasteiger partial charge on any atom is -0.310 e. The number of rotatable bonds is 4. The first-order valence-corrected chi connectivity index (χ1v) is 9.53. The minimum absolute atomic E-state index is 0.0517. The van der Waals surface area contributed by atoms with Crippen LogP contribution < -0.4 is 5.32 Å². The first-order valence-electron chi connectivity index (χ1n) is 7.32. The molecule has 1 N–H and O–H groups in total. The normalized spacial score (nSPS) is 17.9. The molecule has 1 fully saturated rings. The van der Waals surface area contributed by atoms with Gasteiger partial charge in [0.25, 0.3) is 0 Å². The van der Waals surface area contributed by atoms with E-state index in [0.717, 1.165) is 22.6 Å². The van der Waals surface area contributed by atoms with Crippen LogP contribution in [-0.2, 0) is 4.79 Å². The molecule has 1 atom stereocenters. The number of benzene rings is 1. The number of carbonyl (C=O) groups is 1. The third kappa shape index (κ3) is 4.05. The summed E-state index contributed by atoms with van der Waals surface area (Å²) < 4.78 is 0. The van der Waals surface area contributed by atoms with Gasteiger partial charge in [0, 0.05) is 40.7 Å². The lowest BCUT2D eigenvalue weighted by molar-refractivity contribution is -0.116. The second-order valence-electron chi connectivity index (χ2n) is 5.09. The van der Waals surface area contributed by atoms with Crippen molar-refractivity contribution in [1.82, 2.24) is 4.98 Å². The molecule has 2 aromatic rings. The van der Waals surface area contributed by atoms with E-state index in [-0.39, 0.29) is 5.91 Å². The van der Waals surface area contributed by atoms with Crippen molar-refractivity contribution in [1.29, 1.82) is 0 Å². The number of amides is 1. The van der Waals surface area contributed by atoms with Gasteiger partial charge in [-0.15, -0.1) is 0 Å². The Balaban J connectivity index is 1.71. The van der Waals surface area contributed by atoms with Crippen LogP contribution in [0.15, 0.2) is 48.7 Å². The SMILES string of the molecule is O=C(C[C@H]1CSCCS1)Nc1ncccc1-c1ccccc1. The highest BCUT2D eigenvalue weighted by Crippen LogP contribution is 2.28. The summed E-state index contributed by atoms with van der Waals surface area (Å²) in [5.41, 5.74) is 2.02. The average molecular weight is 330 g/mol. The summed E-state index contributed by atoms with van der Waals surface area (Å²) in [5, 5.41) is 3.40. The number of aromatic nitrogens is 1. The van der Waals surface area contributed by atoms with E-state index >= 15 is 0 Å². The average Bonchev–Trinajstić information content (AvgIpc) is 2.57. The van der Waals surface area contributed by atoms with Crippen molar-refractivity contribution in [3.63, 3.8) is 0 Å². The molecule has 0 unspecified atom stereocenters. The molecule has 1 aliphatic heterocycles. The molecule has 5 heteroatoms. The minimum atomic E-state index is 0.0517. The van der Waals surface area contributed by atoms with Gasteiger partial charge in [-0.05, 0) is 17.7 Å². The highest BCUT2D eigenvalue weighted by molar-refractivity contribution is 8.06. The van der Waals surface area contributed by atoms with Crippen molar-refractivity contribution in [3.05, 3.63) is 48.7 Å². The van der Waals surface area contributed by atoms with E-state index in [1.165, 1.54) is 5.75 Å². The van der Waals surface area contributed by atoms with Crippen LogP contribution in [-0.4, -0.2) is 33.4 Å². The van der Waals surface area contributed by atoms with Crippen molar-refractivity contribution >= 4 is 35.2 Å². The Morgan fingerprint density at radius 3 is 2.82 bits per heavy atom. The topological polar surface area (TPSA) is 42.0 Å². The van der Waals surface area contributed by atoms with Crippen LogP contribution >= 0.6 is 23.5 Å². The molecule has 1 saturated heterocycles. The fourth-order valence-corrected chi connectivity index (χ4v) is 5.08. The van der Waals surface area contributed by atoms with Crippen LogP contribution in [0.4, 0.5) is 5.82 Å². The molecule has 2 heterocycles. The Labute approximate surface area is 139 Å². The molecule has 3 rings (SSSR count). The predicted octanol–water partition coefficient (Wildman–Crippen LogP) is 3.93. The molecule has 1 amide bonds. The first kappa shape index (κ1) is 15.4. The molecule has 0 spiro atoms. The number of thioether (sulfide) groups is 2. The van der Waals surface area contributed by atoms with E-state index in [1.54, 1.807) is 6.20 Å². The lowest BCUT2D eigenvalue weighted by Gasteiger charge is -2.20. The number of pyridine rings is 1. The summed E-state index contributed by atoms with van der Waals surface area (Å²) >= 11 is 3.84. The van der Waals surface area contributed by atoms with E-state index in [0.29, 0.717) is 17.5 Å². The van der Waals surface area contributed by atoms with Crippen LogP contribution in [0.1, 0.15) is 6.42 Å². The third-order valence-electron chi connectivity index (χ3n) is 3.45. The zero-order chi connectivity index (χ0) is 15.2. The van der Waals surface area contributed by atoms with E-state index in [4.69, 9.17) is 0 Å². The third-order valence-corrected chi connectivity index (χ3v) is 6.29. The summed E-state index contributed by atoms with van der Waals surface area (Å²) in [6.45, 7) is 0. The van der Waals surface area contributed by atoms with Crippen LogP contribution in [0.25, 0.3) is 11.1 Å². The summed E-state index contributed by atoms with van der Waals surface area (Å²) in [6, 6.07) is 13.9. The highest BCUT2D eigenvalue weighted by Gasteiger charge is 2.19. The molecular formula is C17H18N2OS2. The molecular weight excluding hydrogens is 312 g/mol. The zero-order valence-corrected chi connectivity index (χ0v) is 13.8. The Morgan fingerprint density at radius 2 is 2.05 bits per heavy atom. The summed E-state index contributed by atoms with van der Waals surface area (Å²) in [7, 11) is 0. The molecule has 0 radical (unpaired) electrons. The Kier molecular flexibility index (Phi) is 5.40. The van der Waals surface area contributed by atoms with Gasteiger partial charge in [-0.3, -0.25) is 4.79 Å². The first-order chi connectivity index (χ1) is 10.8. The number of anilines is 1. The van der Waals surface area contributed by atoms with Gasteiger partial charge in [0.05, 0.1) is 0 Å². The van der Waals surface area contributed by atoms with Gasteiger partial charge in [0.1, 0.15) is 5.82 Å². The number of nitrogens with one attached hydrogen (secondary N) is 1. The molecule has 0 bridgehead atoms. The van der Waals surface area contributed by atoms with Crippen LogP contribution in [0.3, 0.4) is 0 Å². The van der Waals surface area contributed by atoms with Crippen molar-refractivity contribution in [3.8, 4) is 11.1 Å². The van der Waals surface area contributed by atoms with Gasteiger partial charge in [0.15, 0.2) is 0 Å². The maximum absolute atomic E-state index is 12.3. The highest BCUT2D eigenvalue weighted by atomic mass is 32.2. The molecule has 114 valence electrons. The second kappa shape index (κ2) is 7.70. The predicted molar refractivity (Wildman–Crippen MR) is 96.5 cm³/mol. The second-order valence-corrected chi connectivity index (χ2v) is 7.64. The fourth-order valence-electron chi connectivity index (χ4n) is 2.40. The number of hydrogen-bond acceptors (Lipinski definition) is 4. The smallest absolute Gasteiger partial charge is 0.226 e. The van der Waals surface area contributed by atoms with E-state index < -0.39 is 0 Å². The summed E-state index contributed by atoms with van der Waals surface area (Å²) in [5.74, 6) is 4.09. The molecule has 3 nitrogen and oxygen atoms in total. The molecule has 1 aliphatic rings. The van der Waals surface area contributed by atoms with Crippen LogP contribution in [0.5, 0.6) is 0 Å². The lowest BCUT2D eigenvalue weighted by atomic mass is 10.1. The lowest BCUT2D eigenvalue weighted by Crippen LogP contribution is -2.23.